The Morgan fingerprint density at radius 2 is 2.21 bits per heavy atom. The Bertz CT molecular complexity index is 642. The highest BCUT2D eigenvalue weighted by Crippen LogP contribution is 2.31. The zero-order chi connectivity index (χ0) is 13.2. The van der Waals surface area contributed by atoms with Gasteiger partial charge in [-0.2, -0.15) is 5.26 Å². The Morgan fingerprint density at radius 1 is 1.32 bits per heavy atom. The zero-order valence-electron chi connectivity index (χ0n) is 11.1. The summed E-state index contributed by atoms with van der Waals surface area (Å²) < 4.78 is 0. The number of fused-ring (bicyclic) bond motifs is 1. The molecule has 2 nitrogen and oxygen atoms in total. The van der Waals surface area contributed by atoms with E-state index in [-0.39, 0.29) is 5.92 Å². The molecule has 1 heterocycles. The molecule has 0 radical (unpaired) electrons. The molecule has 0 amide bonds. The molecule has 0 saturated heterocycles. The second-order valence-corrected chi connectivity index (χ2v) is 5.20. The van der Waals surface area contributed by atoms with Gasteiger partial charge in [0.25, 0.3) is 0 Å². The lowest BCUT2D eigenvalue weighted by Crippen LogP contribution is -2.01. The van der Waals surface area contributed by atoms with E-state index < -0.39 is 0 Å². The van der Waals surface area contributed by atoms with E-state index >= 15 is 0 Å². The quantitative estimate of drug-likeness (QED) is 0.705. The smallest absolute Gasteiger partial charge is 0.0862 e. The molecule has 0 N–H and O–H groups in total. The standard InChI is InChI=1S/C17H16N2/c1-12-8-15-9-13-4-2-3-5-14(10-18)16(13)6-7-17(15)19-11-12/h2-5,8,11,14H,6-7,9H2,1H3. The normalized spacial score (nSPS) is 21.2. The maximum absolute atomic E-state index is 9.33. The average Bonchev–Trinajstić information content (AvgIpc) is 2.69. The Kier molecular flexibility index (Phi) is 3.05. The van der Waals surface area contributed by atoms with Crippen LogP contribution in [0.5, 0.6) is 0 Å². The van der Waals surface area contributed by atoms with E-state index in [4.69, 9.17) is 0 Å². The van der Waals surface area contributed by atoms with E-state index in [1.54, 1.807) is 0 Å². The van der Waals surface area contributed by atoms with Crippen LogP contribution in [0.1, 0.15) is 23.2 Å². The zero-order valence-corrected chi connectivity index (χ0v) is 11.1. The van der Waals surface area contributed by atoms with Crippen molar-refractivity contribution in [1.29, 1.82) is 5.26 Å². The van der Waals surface area contributed by atoms with Crippen LogP contribution in [0.2, 0.25) is 0 Å². The summed E-state index contributed by atoms with van der Waals surface area (Å²) in [6.07, 6.45) is 12.9. The predicted octanol–water partition coefficient (Wildman–Crippen LogP) is 3.44. The summed E-state index contributed by atoms with van der Waals surface area (Å²) in [6.45, 7) is 2.08. The molecule has 2 aliphatic rings. The fourth-order valence-corrected chi connectivity index (χ4v) is 2.87. The summed E-state index contributed by atoms with van der Waals surface area (Å²) in [7, 11) is 0. The lowest BCUT2D eigenvalue weighted by Gasteiger charge is -2.11. The number of nitriles is 1. The number of aromatic nitrogens is 1. The topological polar surface area (TPSA) is 36.7 Å². The molecule has 1 aromatic heterocycles. The Hall–Kier alpha value is -2.14. The van der Waals surface area contributed by atoms with Crippen molar-refractivity contribution in [3.63, 3.8) is 0 Å². The van der Waals surface area contributed by atoms with Crippen LogP contribution in [-0.2, 0) is 12.8 Å². The van der Waals surface area contributed by atoms with Gasteiger partial charge < -0.3 is 0 Å². The highest BCUT2D eigenvalue weighted by Gasteiger charge is 2.21. The third-order valence-electron chi connectivity index (χ3n) is 3.85. The van der Waals surface area contributed by atoms with Crippen molar-refractivity contribution in [2.24, 2.45) is 5.92 Å². The van der Waals surface area contributed by atoms with Crippen LogP contribution in [0.15, 0.2) is 47.7 Å². The minimum absolute atomic E-state index is 0.0830. The van der Waals surface area contributed by atoms with Gasteiger partial charge in [0, 0.05) is 11.9 Å². The van der Waals surface area contributed by atoms with Gasteiger partial charge in [0.2, 0.25) is 0 Å². The first-order valence-electron chi connectivity index (χ1n) is 6.69. The number of nitrogens with zero attached hydrogens (tertiary/aromatic N) is 2. The molecular formula is C17H16N2. The molecule has 0 aromatic carbocycles. The van der Waals surface area contributed by atoms with Gasteiger partial charge in [-0.05, 0) is 48.5 Å². The van der Waals surface area contributed by atoms with Gasteiger partial charge in [0.05, 0.1) is 12.0 Å². The molecule has 0 bridgehead atoms. The first-order chi connectivity index (χ1) is 9.28. The van der Waals surface area contributed by atoms with Gasteiger partial charge in [-0.1, -0.05) is 30.4 Å². The third-order valence-corrected chi connectivity index (χ3v) is 3.85. The molecule has 2 aliphatic carbocycles. The van der Waals surface area contributed by atoms with E-state index in [0.29, 0.717) is 0 Å². The lowest BCUT2D eigenvalue weighted by atomic mass is 9.92. The fourth-order valence-electron chi connectivity index (χ4n) is 2.87. The summed E-state index contributed by atoms with van der Waals surface area (Å²) in [5, 5.41) is 9.33. The molecule has 19 heavy (non-hydrogen) atoms. The highest BCUT2D eigenvalue weighted by molar-refractivity contribution is 5.44. The van der Waals surface area contributed by atoms with Crippen LogP contribution >= 0.6 is 0 Å². The van der Waals surface area contributed by atoms with Crippen LogP contribution < -0.4 is 0 Å². The summed E-state index contributed by atoms with van der Waals surface area (Å²) in [5.41, 5.74) is 6.27. The van der Waals surface area contributed by atoms with Gasteiger partial charge in [0.1, 0.15) is 0 Å². The van der Waals surface area contributed by atoms with Crippen molar-refractivity contribution >= 4 is 0 Å². The number of allylic oxidation sites excluding steroid dienone is 6. The van der Waals surface area contributed by atoms with Gasteiger partial charge in [-0.3, -0.25) is 4.98 Å². The highest BCUT2D eigenvalue weighted by atomic mass is 14.7. The number of hydrogen-bond acceptors (Lipinski definition) is 2. The van der Waals surface area contributed by atoms with E-state index in [0.717, 1.165) is 19.3 Å². The molecule has 2 heteroatoms. The largest absolute Gasteiger partial charge is 0.261 e. The molecule has 94 valence electrons. The summed E-state index contributed by atoms with van der Waals surface area (Å²) in [5.74, 6) is -0.0830. The van der Waals surface area contributed by atoms with Gasteiger partial charge in [-0.25, -0.2) is 0 Å². The van der Waals surface area contributed by atoms with Crippen LogP contribution in [0.4, 0.5) is 0 Å². The second-order valence-electron chi connectivity index (χ2n) is 5.20. The lowest BCUT2D eigenvalue weighted by molar-refractivity contribution is 0.820. The first kappa shape index (κ1) is 11.9. The summed E-state index contributed by atoms with van der Waals surface area (Å²) in [6, 6.07) is 4.63. The first-order valence-corrected chi connectivity index (χ1v) is 6.69. The molecule has 0 aliphatic heterocycles. The van der Waals surface area contributed by atoms with E-state index in [2.05, 4.69) is 30.1 Å². The van der Waals surface area contributed by atoms with Gasteiger partial charge in [0.15, 0.2) is 0 Å². The maximum atomic E-state index is 9.33. The van der Waals surface area contributed by atoms with Gasteiger partial charge in [-0.15, -0.1) is 0 Å². The van der Waals surface area contributed by atoms with Crippen molar-refractivity contribution in [2.45, 2.75) is 26.2 Å². The molecular weight excluding hydrogens is 232 g/mol. The van der Waals surface area contributed by atoms with Crippen LogP contribution in [0.3, 0.4) is 0 Å². The van der Waals surface area contributed by atoms with Crippen molar-refractivity contribution in [3.8, 4) is 6.07 Å². The minimum atomic E-state index is -0.0830. The van der Waals surface area contributed by atoms with E-state index in [1.807, 2.05) is 24.4 Å². The van der Waals surface area contributed by atoms with Crippen molar-refractivity contribution in [3.05, 3.63) is 64.5 Å². The molecule has 0 fully saturated rings. The van der Waals surface area contributed by atoms with Gasteiger partial charge >= 0.3 is 0 Å². The number of hydrogen-bond donors (Lipinski definition) is 0. The third kappa shape index (κ3) is 2.24. The minimum Gasteiger partial charge on any atom is -0.261 e. The molecule has 3 rings (SSSR count). The Morgan fingerprint density at radius 3 is 3.05 bits per heavy atom. The van der Waals surface area contributed by atoms with Crippen molar-refractivity contribution in [2.75, 3.05) is 0 Å². The maximum Gasteiger partial charge on any atom is 0.0862 e. The molecule has 1 aromatic rings. The van der Waals surface area contributed by atoms with E-state index in [9.17, 15) is 5.26 Å². The summed E-state index contributed by atoms with van der Waals surface area (Å²) in [4.78, 5) is 4.56. The monoisotopic (exact) mass is 248 g/mol. The van der Waals surface area contributed by atoms with Crippen LogP contribution in [-0.4, -0.2) is 4.98 Å². The SMILES string of the molecule is Cc1cnc2c(c1)CC1=C(CC2)C(C#N)C=CC=C1. The van der Waals surface area contributed by atoms with Crippen molar-refractivity contribution in [1.82, 2.24) is 4.98 Å². The van der Waals surface area contributed by atoms with Crippen LogP contribution in [0.25, 0.3) is 0 Å². The number of aryl methyl sites for hydroxylation is 2. The average molecular weight is 248 g/mol. The number of rotatable bonds is 0. The van der Waals surface area contributed by atoms with Crippen molar-refractivity contribution < 1.29 is 0 Å². The van der Waals surface area contributed by atoms with Crippen LogP contribution in [0, 0.1) is 24.2 Å². The molecule has 1 unspecified atom stereocenters. The van der Waals surface area contributed by atoms with E-state index in [1.165, 1.54) is 28.0 Å². The Labute approximate surface area is 113 Å². The second kappa shape index (κ2) is 4.85. The predicted molar refractivity (Wildman–Crippen MR) is 75.4 cm³/mol. The number of pyridine rings is 1. The molecule has 1 atom stereocenters. The Balaban J connectivity index is 2.05. The molecule has 0 spiro atoms. The molecule has 0 saturated carbocycles. The fraction of sp³-hybridized carbons (Fsp3) is 0.294. The summed E-state index contributed by atoms with van der Waals surface area (Å²) >= 11 is 0.